The number of nitrogens with one attached hydrogen (secondary N) is 3. The first-order valence-electron chi connectivity index (χ1n) is 8.56. The summed E-state index contributed by atoms with van der Waals surface area (Å²) < 4.78 is 0. The van der Waals surface area contributed by atoms with Crippen LogP contribution in [0.3, 0.4) is 0 Å². The molecule has 0 aromatic heterocycles. The van der Waals surface area contributed by atoms with Gasteiger partial charge in [0.2, 0.25) is 5.91 Å². The van der Waals surface area contributed by atoms with Gasteiger partial charge < -0.3 is 16.4 Å². The third kappa shape index (κ3) is 3.24. The van der Waals surface area contributed by atoms with Crippen LogP contribution >= 0.6 is 0 Å². The van der Waals surface area contributed by atoms with E-state index in [-0.39, 0.29) is 11.8 Å². The first-order valence-corrected chi connectivity index (χ1v) is 8.56. The molecule has 3 unspecified atom stereocenters. The highest BCUT2D eigenvalue weighted by Gasteiger charge is 2.43. The molecule has 7 nitrogen and oxygen atoms in total. The van der Waals surface area contributed by atoms with Crippen LogP contribution in [0.5, 0.6) is 0 Å². The number of nitrogens with two attached hydrogens (primary N) is 1. The Labute approximate surface area is 146 Å². The SMILES string of the molecule is CC1(c2cccc(NC(=O)C3CCCCC3(C)N)c2)NC(=O)NC1=O. The van der Waals surface area contributed by atoms with Crippen LogP contribution in [0.2, 0.25) is 0 Å². The van der Waals surface area contributed by atoms with E-state index >= 15 is 0 Å². The fraction of sp³-hybridized carbons (Fsp3) is 0.500. The lowest BCUT2D eigenvalue weighted by Crippen LogP contribution is -2.51. The van der Waals surface area contributed by atoms with Crippen molar-refractivity contribution in [3.05, 3.63) is 29.8 Å². The fourth-order valence-corrected chi connectivity index (χ4v) is 3.67. The van der Waals surface area contributed by atoms with Gasteiger partial charge >= 0.3 is 6.03 Å². The normalized spacial score (nSPS) is 32.0. The van der Waals surface area contributed by atoms with Gasteiger partial charge in [0, 0.05) is 11.2 Å². The number of benzene rings is 1. The molecule has 1 aromatic carbocycles. The minimum Gasteiger partial charge on any atom is -0.326 e. The summed E-state index contributed by atoms with van der Waals surface area (Å²) in [5.74, 6) is -0.760. The minimum absolute atomic E-state index is 0.105. The third-order valence-corrected chi connectivity index (χ3v) is 5.32. The summed E-state index contributed by atoms with van der Waals surface area (Å²) in [7, 11) is 0. The Hall–Kier alpha value is -2.41. The monoisotopic (exact) mass is 344 g/mol. The molecule has 1 saturated carbocycles. The van der Waals surface area contributed by atoms with Crippen molar-refractivity contribution >= 4 is 23.5 Å². The molecular weight excluding hydrogens is 320 g/mol. The largest absolute Gasteiger partial charge is 0.326 e. The lowest BCUT2D eigenvalue weighted by Gasteiger charge is -2.37. The van der Waals surface area contributed by atoms with Gasteiger partial charge in [0.15, 0.2) is 0 Å². The van der Waals surface area contributed by atoms with E-state index in [0.717, 1.165) is 25.7 Å². The molecule has 3 atom stereocenters. The van der Waals surface area contributed by atoms with Gasteiger partial charge in [-0.05, 0) is 44.4 Å². The van der Waals surface area contributed by atoms with Crippen molar-refractivity contribution in [2.45, 2.75) is 50.6 Å². The Balaban J connectivity index is 1.79. The summed E-state index contributed by atoms with van der Waals surface area (Å²) in [5.41, 5.74) is 5.83. The maximum atomic E-state index is 12.7. The smallest absolute Gasteiger partial charge is 0.322 e. The zero-order valence-corrected chi connectivity index (χ0v) is 14.5. The highest BCUT2D eigenvalue weighted by Crippen LogP contribution is 2.33. The molecule has 0 bridgehead atoms. The standard InChI is InChI=1S/C18H24N4O3/c1-17(19)9-4-3-8-13(17)14(23)20-12-7-5-6-11(10-12)18(2)15(24)21-16(25)22-18/h5-7,10,13H,3-4,8-9,19H2,1-2H3,(H,20,23)(H2,21,22,24,25). The molecule has 7 heteroatoms. The lowest BCUT2D eigenvalue weighted by molar-refractivity contribution is -0.124. The summed E-state index contributed by atoms with van der Waals surface area (Å²) in [6, 6.07) is 6.43. The Bertz CT molecular complexity index is 731. The lowest BCUT2D eigenvalue weighted by atomic mass is 9.74. The average molecular weight is 344 g/mol. The number of carbonyl (C=O) groups excluding carboxylic acids is 3. The molecule has 1 aromatic rings. The topological polar surface area (TPSA) is 113 Å². The van der Waals surface area contributed by atoms with Gasteiger partial charge in [-0.1, -0.05) is 25.0 Å². The first kappa shape index (κ1) is 17.4. The highest BCUT2D eigenvalue weighted by molar-refractivity contribution is 6.07. The van der Waals surface area contributed by atoms with Crippen LogP contribution < -0.4 is 21.7 Å². The molecular formula is C18H24N4O3. The van der Waals surface area contributed by atoms with Gasteiger partial charge in [-0.15, -0.1) is 0 Å². The molecule has 5 N–H and O–H groups in total. The second-order valence-electron chi connectivity index (χ2n) is 7.41. The average Bonchev–Trinajstić information content (AvgIpc) is 2.80. The van der Waals surface area contributed by atoms with Crippen LogP contribution in [0.25, 0.3) is 0 Å². The van der Waals surface area contributed by atoms with Crippen LogP contribution in [-0.4, -0.2) is 23.4 Å². The molecule has 1 aliphatic carbocycles. The molecule has 2 fully saturated rings. The number of hydrogen-bond acceptors (Lipinski definition) is 4. The summed E-state index contributed by atoms with van der Waals surface area (Å²) in [5, 5.41) is 7.77. The Morgan fingerprint density at radius 1 is 1.28 bits per heavy atom. The van der Waals surface area contributed by atoms with E-state index in [2.05, 4.69) is 16.0 Å². The summed E-state index contributed by atoms with van der Waals surface area (Å²) >= 11 is 0. The minimum atomic E-state index is -1.15. The number of urea groups is 1. The van der Waals surface area contributed by atoms with Crippen LogP contribution in [0.15, 0.2) is 24.3 Å². The summed E-state index contributed by atoms with van der Waals surface area (Å²) in [4.78, 5) is 36.2. The molecule has 2 aliphatic rings. The van der Waals surface area contributed by atoms with Crippen LogP contribution in [0.4, 0.5) is 10.5 Å². The van der Waals surface area contributed by atoms with Crippen LogP contribution in [0, 0.1) is 5.92 Å². The van der Waals surface area contributed by atoms with Crippen molar-refractivity contribution < 1.29 is 14.4 Å². The third-order valence-electron chi connectivity index (χ3n) is 5.32. The molecule has 0 spiro atoms. The van der Waals surface area contributed by atoms with Crippen molar-refractivity contribution in [3.63, 3.8) is 0 Å². The highest BCUT2D eigenvalue weighted by atomic mass is 16.2. The summed E-state index contributed by atoms with van der Waals surface area (Å²) in [6.45, 7) is 3.55. The molecule has 1 heterocycles. The zero-order chi connectivity index (χ0) is 18.2. The Morgan fingerprint density at radius 2 is 2.04 bits per heavy atom. The maximum absolute atomic E-state index is 12.7. The van der Waals surface area contributed by atoms with Gasteiger partial charge in [0.1, 0.15) is 5.54 Å². The molecule has 134 valence electrons. The number of hydrogen-bond donors (Lipinski definition) is 4. The van der Waals surface area contributed by atoms with E-state index in [1.807, 2.05) is 6.92 Å². The second-order valence-corrected chi connectivity index (χ2v) is 7.41. The number of rotatable bonds is 3. The molecule has 0 radical (unpaired) electrons. The second kappa shape index (κ2) is 6.15. The van der Waals surface area contributed by atoms with Crippen molar-refractivity contribution in [1.82, 2.24) is 10.6 Å². The van der Waals surface area contributed by atoms with Crippen molar-refractivity contribution in [3.8, 4) is 0 Å². The van der Waals surface area contributed by atoms with E-state index in [1.165, 1.54) is 0 Å². The van der Waals surface area contributed by atoms with Gasteiger partial charge in [0.05, 0.1) is 5.92 Å². The molecule has 1 aliphatic heterocycles. The van der Waals surface area contributed by atoms with E-state index in [1.54, 1.807) is 31.2 Å². The Morgan fingerprint density at radius 3 is 2.68 bits per heavy atom. The number of carbonyl (C=O) groups is 3. The van der Waals surface area contributed by atoms with E-state index in [9.17, 15) is 14.4 Å². The van der Waals surface area contributed by atoms with Crippen molar-refractivity contribution in [2.24, 2.45) is 11.7 Å². The van der Waals surface area contributed by atoms with E-state index in [0.29, 0.717) is 11.3 Å². The zero-order valence-electron chi connectivity index (χ0n) is 14.5. The van der Waals surface area contributed by atoms with Crippen molar-refractivity contribution in [1.29, 1.82) is 0 Å². The van der Waals surface area contributed by atoms with E-state index in [4.69, 9.17) is 5.73 Å². The van der Waals surface area contributed by atoms with Gasteiger partial charge in [-0.3, -0.25) is 14.9 Å². The molecule has 3 rings (SSSR count). The van der Waals surface area contributed by atoms with Crippen molar-refractivity contribution in [2.75, 3.05) is 5.32 Å². The number of imide groups is 1. The number of anilines is 1. The summed E-state index contributed by atoms with van der Waals surface area (Å²) in [6.07, 6.45) is 3.64. The molecule has 4 amide bonds. The maximum Gasteiger partial charge on any atom is 0.322 e. The Kier molecular flexibility index (Phi) is 4.28. The number of amides is 4. The predicted molar refractivity (Wildman–Crippen MR) is 93.6 cm³/mol. The molecule has 25 heavy (non-hydrogen) atoms. The predicted octanol–water partition coefficient (Wildman–Crippen LogP) is 1.59. The van der Waals surface area contributed by atoms with Gasteiger partial charge in [-0.25, -0.2) is 4.79 Å². The molecule has 1 saturated heterocycles. The van der Waals surface area contributed by atoms with Gasteiger partial charge in [-0.2, -0.15) is 0 Å². The van der Waals surface area contributed by atoms with Crippen LogP contribution in [0.1, 0.15) is 45.1 Å². The van der Waals surface area contributed by atoms with Gasteiger partial charge in [0.25, 0.3) is 5.91 Å². The fourth-order valence-electron chi connectivity index (χ4n) is 3.67. The quantitative estimate of drug-likeness (QED) is 0.624. The van der Waals surface area contributed by atoms with E-state index < -0.39 is 23.0 Å². The first-order chi connectivity index (χ1) is 11.7. The van der Waals surface area contributed by atoms with Crippen LogP contribution in [-0.2, 0) is 15.1 Å².